The highest BCUT2D eigenvalue weighted by Gasteiger charge is 2.26. The molecular weight excluding hydrogens is 330 g/mol. The van der Waals surface area contributed by atoms with E-state index in [1.165, 1.54) is 0 Å². The average Bonchev–Trinajstić information content (AvgIpc) is 2.69. The Bertz CT molecular complexity index is 824. The summed E-state index contributed by atoms with van der Waals surface area (Å²) >= 11 is 0. The highest BCUT2D eigenvalue weighted by molar-refractivity contribution is 5.88. The SMILES string of the molecule is COc1ccc([N+](c2ccc(OC)cc2)c2ccc(C(=O)O)cc2)cc1. The van der Waals surface area contributed by atoms with Gasteiger partial charge >= 0.3 is 5.97 Å². The Kier molecular flexibility index (Phi) is 5.20. The molecule has 0 heterocycles. The van der Waals surface area contributed by atoms with Crippen LogP contribution in [0.5, 0.6) is 11.5 Å². The van der Waals surface area contributed by atoms with Gasteiger partial charge in [0.15, 0.2) is 17.1 Å². The zero-order chi connectivity index (χ0) is 18.5. The van der Waals surface area contributed by atoms with Crippen molar-refractivity contribution in [3.63, 3.8) is 0 Å². The molecule has 0 aliphatic carbocycles. The molecule has 5 nitrogen and oxygen atoms in total. The molecule has 0 unspecified atom stereocenters. The largest absolute Gasteiger partial charge is 0.497 e. The molecule has 0 spiro atoms. The van der Waals surface area contributed by atoms with Crippen LogP contribution >= 0.6 is 0 Å². The monoisotopic (exact) mass is 349 g/mol. The zero-order valence-corrected chi connectivity index (χ0v) is 14.5. The highest BCUT2D eigenvalue weighted by Crippen LogP contribution is 2.35. The number of anilines is 3. The lowest BCUT2D eigenvalue weighted by Gasteiger charge is -2.12. The van der Waals surface area contributed by atoms with Gasteiger partial charge < -0.3 is 14.6 Å². The van der Waals surface area contributed by atoms with Crippen molar-refractivity contribution in [1.82, 2.24) is 4.90 Å². The summed E-state index contributed by atoms with van der Waals surface area (Å²) in [6.07, 6.45) is 0. The van der Waals surface area contributed by atoms with Crippen LogP contribution in [0.3, 0.4) is 0 Å². The topological polar surface area (TPSA) is 61.7 Å². The van der Waals surface area contributed by atoms with Crippen LogP contribution in [0.25, 0.3) is 0 Å². The number of carbonyl (C=O) groups is 1. The van der Waals surface area contributed by atoms with E-state index >= 15 is 0 Å². The van der Waals surface area contributed by atoms with E-state index in [0.717, 1.165) is 28.6 Å². The van der Waals surface area contributed by atoms with Gasteiger partial charge in [0, 0.05) is 36.4 Å². The van der Waals surface area contributed by atoms with Gasteiger partial charge in [-0.3, -0.25) is 0 Å². The molecule has 3 rings (SSSR count). The fraction of sp³-hybridized carbons (Fsp3) is 0.0952. The van der Waals surface area contributed by atoms with E-state index in [0.29, 0.717) is 0 Å². The third kappa shape index (κ3) is 3.68. The molecular formula is C21H19NO4+. The summed E-state index contributed by atoms with van der Waals surface area (Å²) in [6.45, 7) is 0. The summed E-state index contributed by atoms with van der Waals surface area (Å²) in [4.78, 5) is 13.2. The first kappa shape index (κ1) is 17.5. The van der Waals surface area contributed by atoms with E-state index in [1.807, 2.05) is 53.4 Å². The van der Waals surface area contributed by atoms with E-state index in [2.05, 4.69) is 0 Å². The van der Waals surface area contributed by atoms with Gasteiger partial charge in [-0.25, -0.2) is 4.79 Å². The molecule has 0 amide bonds. The first-order valence-electron chi connectivity index (χ1n) is 8.04. The molecule has 1 radical (unpaired) electrons. The Balaban J connectivity index is 2.06. The van der Waals surface area contributed by atoms with Crippen molar-refractivity contribution < 1.29 is 19.4 Å². The lowest BCUT2D eigenvalue weighted by molar-refractivity contribution is 0.0697. The molecule has 0 atom stereocenters. The van der Waals surface area contributed by atoms with Gasteiger partial charge in [0.25, 0.3) is 0 Å². The predicted molar refractivity (Wildman–Crippen MR) is 101 cm³/mol. The molecule has 131 valence electrons. The summed E-state index contributed by atoms with van der Waals surface area (Å²) < 4.78 is 10.5. The summed E-state index contributed by atoms with van der Waals surface area (Å²) in [5.74, 6) is 0.589. The van der Waals surface area contributed by atoms with Gasteiger partial charge in [-0.05, 0) is 36.4 Å². The van der Waals surface area contributed by atoms with Gasteiger partial charge in [-0.1, -0.05) is 4.90 Å². The van der Waals surface area contributed by atoms with Crippen LogP contribution in [0.2, 0.25) is 0 Å². The Hall–Kier alpha value is -3.31. The summed E-state index contributed by atoms with van der Waals surface area (Å²) in [5, 5.41) is 9.12. The number of hydrogen-bond donors (Lipinski definition) is 1. The fourth-order valence-electron chi connectivity index (χ4n) is 2.66. The minimum atomic E-state index is -0.947. The fourth-order valence-corrected chi connectivity index (χ4v) is 2.66. The lowest BCUT2D eigenvalue weighted by Crippen LogP contribution is -2.11. The highest BCUT2D eigenvalue weighted by atomic mass is 16.5. The van der Waals surface area contributed by atoms with Crippen LogP contribution in [0.4, 0.5) is 17.1 Å². The Morgan fingerprint density at radius 3 is 1.35 bits per heavy atom. The van der Waals surface area contributed by atoms with Crippen LogP contribution in [0.15, 0.2) is 72.8 Å². The van der Waals surface area contributed by atoms with Gasteiger partial charge in [-0.15, -0.1) is 0 Å². The zero-order valence-electron chi connectivity index (χ0n) is 14.5. The quantitative estimate of drug-likeness (QED) is 0.647. The maximum absolute atomic E-state index is 11.1. The van der Waals surface area contributed by atoms with Crippen LogP contribution in [-0.4, -0.2) is 25.3 Å². The molecule has 26 heavy (non-hydrogen) atoms. The average molecular weight is 349 g/mol. The van der Waals surface area contributed by atoms with Gasteiger partial charge in [0.05, 0.1) is 19.8 Å². The third-order valence-electron chi connectivity index (χ3n) is 4.03. The number of carboxylic acid groups (broad SMARTS) is 1. The van der Waals surface area contributed by atoms with Crippen molar-refractivity contribution in [3.05, 3.63) is 78.4 Å². The van der Waals surface area contributed by atoms with Crippen molar-refractivity contribution in [3.8, 4) is 11.5 Å². The van der Waals surface area contributed by atoms with E-state index < -0.39 is 5.97 Å². The minimum Gasteiger partial charge on any atom is -0.497 e. The summed E-state index contributed by atoms with van der Waals surface area (Å²) in [7, 11) is 3.25. The van der Waals surface area contributed by atoms with Gasteiger partial charge in [0.1, 0.15) is 11.5 Å². The van der Waals surface area contributed by atoms with Crippen molar-refractivity contribution in [2.75, 3.05) is 14.2 Å². The normalized spacial score (nSPS) is 10.6. The molecule has 0 fully saturated rings. The second kappa shape index (κ2) is 7.72. The molecule has 0 aliphatic rings. The standard InChI is InChI=1S/C21H19NO4/c1-25-19-11-7-17(8-12-19)22(18-9-13-20(26-2)14-10-18)16-5-3-15(4-6-16)21(23)24/h3-14H,1-2H3,(H,23,24)/q+1. The van der Waals surface area contributed by atoms with Gasteiger partial charge in [-0.2, -0.15) is 0 Å². The number of benzene rings is 3. The maximum Gasteiger partial charge on any atom is 0.335 e. The first-order chi connectivity index (χ1) is 12.6. The molecule has 0 saturated heterocycles. The first-order valence-corrected chi connectivity index (χ1v) is 8.04. The smallest absolute Gasteiger partial charge is 0.335 e. The number of nitrogens with zero attached hydrogens (tertiary/aromatic N) is 1. The van der Waals surface area contributed by atoms with E-state index in [4.69, 9.17) is 14.6 Å². The number of hydrogen-bond acceptors (Lipinski definition) is 4. The molecule has 1 N–H and O–H groups in total. The van der Waals surface area contributed by atoms with Crippen LogP contribution < -0.4 is 14.4 Å². The molecule has 0 aromatic heterocycles. The molecule has 0 aliphatic heterocycles. The second-order valence-corrected chi connectivity index (χ2v) is 5.58. The number of methoxy groups -OCH3 is 2. The number of aromatic carboxylic acids is 1. The Morgan fingerprint density at radius 1 is 0.692 bits per heavy atom. The lowest BCUT2D eigenvalue weighted by atomic mass is 10.1. The number of ether oxygens (including phenoxy) is 2. The van der Waals surface area contributed by atoms with E-state index in [-0.39, 0.29) is 5.56 Å². The van der Waals surface area contributed by atoms with Crippen molar-refractivity contribution >= 4 is 23.0 Å². The van der Waals surface area contributed by atoms with Crippen LogP contribution in [-0.2, 0) is 0 Å². The second-order valence-electron chi connectivity index (χ2n) is 5.58. The summed E-state index contributed by atoms with van der Waals surface area (Å²) in [5.41, 5.74) is 2.96. The Morgan fingerprint density at radius 2 is 1.04 bits per heavy atom. The van der Waals surface area contributed by atoms with Crippen molar-refractivity contribution in [2.45, 2.75) is 0 Å². The van der Waals surface area contributed by atoms with Gasteiger partial charge in [0.2, 0.25) is 0 Å². The van der Waals surface area contributed by atoms with E-state index in [1.54, 1.807) is 38.5 Å². The van der Waals surface area contributed by atoms with E-state index in [9.17, 15) is 4.79 Å². The minimum absolute atomic E-state index is 0.248. The number of rotatable bonds is 6. The molecule has 0 bridgehead atoms. The van der Waals surface area contributed by atoms with Crippen molar-refractivity contribution in [2.24, 2.45) is 0 Å². The molecule has 3 aromatic rings. The van der Waals surface area contributed by atoms with Crippen LogP contribution in [0.1, 0.15) is 10.4 Å². The molecule has 3 aromatic carbocycles. The van der Waals surface area contributed by atoms with Crippen LogP contribution in [0, 0.1) is 0 Å². The third-order valence-corrected chi connectivity index (χ3v) is 4.03. The summed E-state index contributed by atoms with van der Waals surface area (Å²) in [6, 6.07) is 22.1. The molecule has 5 heteroatoms. The maximum atomic E-state index is 11.1. The number of carboxylic acids is 1. The predicted octanol–water partition coefficient (Wildman–Crippen LogP) is 4.84. The van der Waals surface area contributed by atoms with Crippen molar-refractivity contribution in [1.29, 1.82) is 0 Å². The molecule has 0 saturated carbocycles. The Labute approximate surface area is 152 Å².